The second kappa shape index (κ2) is 5.33. The van der Waals surface area contributed by atoms with Crippen LogP contribution in [0.5, 0.6) is 0 Å². The van der Waals surface area contributed by atoms with Crippen LogP contribution in [0.15, 0.2) is 53.3 Å². The van der Waals surface area contributed by atoms with Gasteiger partial charge in [-0.15, -0.1) is 23.1 Å². The van der Waals surface area contributed by atoms with Crippen molar-refractivity contribution in [3.05, 3.63) is 63.7 Å². The molecule has 106 valence electrons. The van der Waals surface area contributed by atoms with Crippen LogP contribution in [0.2, 0.25) is 0 Å². The Morgan fingerprint density at radius 3 is 2.67 bits per heavy atom. The van der Waals surface area contributed by atoms with E-state index in [2.05, 4.69) is 28.2 Å². The molecule has 4 rings (SSSR count). The number of benzene rings is 1. The zero-order chi connectivity index (χ0) is 14.2. The molecular formula is C16H14N2OS2. The van der Waals surface area contributed by atoms with Gasteiger partial charge in [0.15, 0.2) is 0 Å². The van der Waals surface area contributed by atoms with E-state index in [-0.39, 0.29) is 23.4 Å². The van der Waals surface area contributed by atoms with E-state index in [4.69, 9.17) is 0 Å². The molecule has 0 radical (unpaired) electrons. The number of carbonyl (C=O) groups is 1. The number of amides is 1. The zero-order valence-corrected chi connectivity index (χ0v) is 12.8. The van der Waals surface area contributed by atoms with Crippen LogP contribution in [0.25, 0.3) is 5.57 Å². The molecule has 1 fully saturated rings. The Hall–Kier alpha value is -1.56. The van der Waals surface area contributed by atoms with Crippen molar-refractivity contribution in [2.45, 2.75) is 11.5 Å². The SMILES string of the molecule is O=C1NC(c2cccs2)NC2SC=C(c3ccccc3)C12. The van der Waals surface area contributed by atoms with E-state index in [9.17, 15) is 4.79 Å². The van der Waals surface area contributed by atoms with Crippen LogP contribution in [-0.2, 0) is 4.79 Å². The molecule has 0 spiro atoms. The third-order valence-electron chi connectivity index (χ3n) is 3.81. The first kappa shape index (κ1) is 13.1. The van der Waals surface area contributed by atoms with Gasteiger partial charge in [0.25, 0.3) is 0 Å². The summed E-state index contributed by atoms with van der Waals surface area (Å²) in [5.41, 5.74) is 2.24. The predicted octanol–water partition coefficient (Wildman–Crippen LogP) is 3.20. The lowest BCUT2D eigenvalue weighted by atomic mass is 9.91. The average molecular weight is 314 g/mol. The summed E-state index contributed by atoms with van der Waals surface area (Å²) in [4.78, 5) is 13.7. The van der Waals surface area contributed by atoms with Crippen LogP contribution in [0, 0.1) is 5.92 Å². The molecule has 2 aliphatic heterocycles. The lowest BCUT2D eigenvalue weighted by Crippen LogP contribution is -2.54. The normalized spacial score (nSPS) is 27.9. The summed E-state index contributed by atoms with van der Waals surface area (Å²) in [6.45, 7) is 0. The maximum atomic E-state index is 12.6. The first-order valence-corrected chi connectivity index (χ1v) is 8.66. The van der Waals surface area contributed by atoms with Gasteiger partial charge in [-0.2, -0.15) is 0 Å². The van der Waals surface area contributed by atoms with Gasteiger partial charge in [-0.25, -0.2) is 0 Å². The van der Waals surface area contributed by atoms with Crippen molar-refractivity contribution >= 4 is 34.6 Å². The van der Waals surface area contributed by atoms with Crippen molar-refractivity contribution in [1.29, 1.82) is 0 Å². The molecule has 1 aromatic heterocycles. The van der Waals surface area contributed by atoms with Gasteiger partial charge in [0.2, 0.25) is 5.91 Å². The number of rotatable bonds is 2. The van der Waals surface area contributed by atoms with Crippen LogP contribution in [0.3, 0.4) is 0 Å². The topological polar surface area (TPSA) is 41.1 Å². The highest BCUT2D eigenvalue weighted by Crippen LogP contribution is 2.43. The molecule has 3 heterocycles. The van der Waals surface area contributed by atoms with E-state index in [1.165, 1.54) is 0 Å². The van der Waals surface area contributed by atoms with Crippen LogP contribution in [0.4, 0.5) is 0 Å². The summed E-state index contributed by atoms with van der Waals surface area (Å²) in [6.07, 6.45) is -0.0743. The van der Waals surface area contributed by atoms with Crippen molar-refractivity contribution in [2.24, 2.45) is 5.92 Å². The van der Waals surface area contributed by atoms with E-state index < -0.39 is 0 Å². The largest absolute Gasteiger partial charge is 0.335 e. The van der Waals surface area contributed by atoms with Gasteiger partial charge < -0.3 is 5.32 Å². The summed E-state index contributed by atoms with van der Waals surface area (Å²) in [6, 6.07) is 14.2. The summed E-state index contributed by atoms with van der Waals surface area (Å²) < 4.78 is 0. The van der Waals surface area contributed by atoms with Crippen molar-refractivity contribution in [2.75, 3.05) is 0 Å². The van der Waals surface area contributed by atoms with Gasteiger partial charge in [-0.1, -0.05) is 36.4 Å². The number of thiophene rings is 1. The Morgan fingerprint density at radius 2 is 1.90 bits per heavy atom. The Bertz CT molecular complexity index is 682. The second-order valence-electron chi connectivity index (χ2n) is 5.10. The zero-order valence-electron chi connectivity index (χ0n) is 11.2. The van der Waals surface area contributed by atoms with E-state index >= 15 is 0 Å². The molecule has 5 heteroatoms. The fourth-order valence-corrected chi connectivity index (χ4v) is 4.75. The van der Waals surface area contributed by atoms with Gasteiger partial charge >= 0.3 is 0 Å². The Kier molecular flexibility index (Phi) is 3.33. The fraction of sp³-hybridized carbons (Fsp3) is 0.188. The van der Waals surface area contributed by atoms with Crippen LogP contribution in [0.1, 0.15) is 16.6 Å². The van der Waals surface area contributed by atoms with E-state index in [0.717, 1.165) is 16.0 Å². The molecule has 1 saturated heterocycles. The van der Waals surface area contributed by atoms with Crippen molar-refractivity contribution in [3.63, 3.8) is 0 Å². The summed E-state index contributed by atoms with van der Waals surface area (Å²) in [5, 5.41) is 10.9. The molecule has 0 saturated carbocycles. The Morgan fingerprint density at radius 1 is 1.05 bits per heavy atom. The standard InChI is InChI=1S/C16H14N2OS2/c19-15-13-11(10-5-2-1-3-6-10)9-21-16(13)18-14(17-15)12-7-4-8-20-12/h1-9,13-14,16,18H,(H,17,19). The molecule has 0 aliphatic carbocycles. The number of thioether (sulfide) groups is 1. The summed E-state index contributed by atoms with van der Waals surface area (Å²) in [7, 11) is 0. The number of hydrogen-bond donors (Lipinski definition) is 2. The smallest absolute Gasteiger partial charge is 0.231 e. The van der Waals surface area contributed by atoms with Gasteiger partial charge in [0.1, 0.15) is 6.17 Å². The average Bonchev–Trinajstić information content (AvgIpc) is 3.17. The van der Waals surface area contributed by atoms with Crippen molar-refractivity contribution in [3.8, 4) is 0 Å². The fourth-order valence-electron chi connectivity index (χ4n) is 2.80. The minimum Gasteiger partial charge on any atom is -0.335 e. The van der Waals surface area contributed by atoms with Gasteiger partial charge in [-0.05, 0) is 28.0 Å². The number of fused-ring (bicyclic) bond motifs is 1. The van der Waals surface area contributed by atoms with E-state index in [1.54, 1.807) is 23.1 Å². The predicted molar refractivity (Wildman–Crippen MR) is 87.6 cm³/mol. The molecule has 1 amide bonds. The molecule has 2 aromatic rings. The second-order valence-corrected chi connectivity index (χ2v) is 7.09. The third-order valence-corrected chi connectivity index (χ3v) is 5.84. The third kappa shape index (κ3) is 2.31. The summed E-state index contributed by atoms with van der Waals surface area (Å²) >= 11 is 3.36. The first-order chi connectivity index (χ1) is 10.3. The molecular weight excluding hydrogens is 300 g/mol. The molecule has 2 aliphatic rings. The molecule has 3 nitrogen and oxygen atoms in total. The number of hydrogen-bond acceptors (Lipinski definition) is 4. The lowest BCUT2D eigenvalue weighted by Gasteiger charge is -2.34. The number of nitrogens with one attached hydrogen (secondary N) is 2. The maximum Gasteiger partial charge on any atom is 0.231 e. The molecule has 3 unspecified atom stereocenters. The molecule has 1 aromatic carbocycles. The highest BCUT2D eigenvalue weighted by molar-refractivity contribution is 8.03. The number of carbonyl (C=O) groups excluding carboxylic acids is 1. The lowest BCUT2D eigenvalue weighted by molar-refractivity contribution is -0.126. The molecule has 0 bridgehead atoms. The summed E-state index contributed by atoms with van der Waals surface area (Å²) in [5.74, 6) is -0.00846. The van der Waals surface area contributed by atoms with Gasteiger partial charge in [-0.3, -0.25) is 10.1 Å². The van der Waals surface area contributed by atoms with Crippen LogP contribution >= 0.6 is 23.1 Å². The van der Waals surface area contributed by atoms with E-state index in [1.807, 2.05) is 35.7 Å². The molecule has 2 N–H and O–H groups in total. The van der Waals surface area contributed by atoms with Gasteiger partial charge in [0, 0.05) is 4.88 Å². The maximum absolute atomic E-state index is 12.6. The molecule has 21 heavy (non-hydrogen) atoms. The van der Waals surface area contributed by atoms with Crippen LogP contribution in [-0.4, -0.2) is 11.3 Å². The molecule has 3 atom stereocenters. The highest BCUT2D eigenvalue weighted by atomic mass is 32.2. The van der Waals surface area contributed by atoms with Gasteiger partial charge in [0.05, 0.1) is 11.3 Å². The quantitative estimate of drug-likeness (QED) is 0.894. The van der Waals surface area contributed by atoms with Crippen molar-refractivity contribution in [1.82, 2.24) is 10.6 Å². The Balaban J connectivity index is 1.60. The minimum atomic E-state index is -0.117. The Labute approximate surface area is 131 Å². The van der Waals surface area contributed by atoms with E-state index in [0.29, 0.717) is 0 Å². The van der Waals surface area contributed by atoms with Crippen LogP contribution < -0.4 is 10.6 Å². The first-order valence-electron chi connectivity index (χ1n) is 6.84. The minimum absolute atomic E-state index is 0.0743. The van der Waals surface area contributed by atoms with Crippen molar-refractivity contribution < 1.29 is 4.79 Å². The monoisotopic (exact) mass is 314 g/mol. The highest BCUT2D eigenvalue weighted by Gasteiger charge is 2.42.